The van der Waals surface area contributed by atoms with Crippen LogP contribution in [0.3, 0.4) is 0 Å². The number of carbonyl (C=O) groups excluding carboxylic acids is 1. The van der Waals surface area contributed by atoms with Crippen molar-refractivity contribution in [1.29, 1.82) is 0 Å². The highest BCUT2D eigenvalue weighted by molar-refractivity contribution is 7.14. The van der Waals surface area contributed by atoms with Crippen LogP contribution in [0.15, 0.2) is 0 Å². The molecule has 2 unspecified atom stereocenters. The standard InChI is InChI=1S/C17H27N3OS/c1-10-14(22-16(18-10)17(2,3)4)15(21)20(5)13-8-11-6-7-12(9-13)19-11/h11-13,19H,6-9H2,1-5H3. The summed E-state index contributed by atoms with van der Waals surface area (Å²) in [6, 6.07) is 1.57. The topological polar surface area (TPSA) is 45.2 Å². The zero-order chi connectivity index (χ0) is 16.1. The Hall–Kier alpha value is -0.940. The fraction of sp³-hybridized carbons (Fsp3) is 0.765. The fourth-order valence-electron chi connectivity index (χ4n) is 3.59. The Kier molecular flexibility index (Phi) is 4.06. The van der Waals surface area contributed by atoms with E-state index in [0.717, 1.165) is 28.4 Å². The van der Waals surface area contributed by atoms with Crippen molar-refractivity contribution < 1.29 is 4.79 Å². The van der Waals surface area contributed by atoms with Crippen molar-refractivity contribution in [2.45, 2.75) is 76.9 Å². The first-order chi connectivity index (χ1) is 10.3. The van der Waals surface area contributed by atoms with Gasteiger partial charge in [-0.15, -0.1) is 11.3 Å². The van der Waals surface area contributed by atoms with Crippen molar-refractivity contribution in [3.8, 4) is 0 Å². The van der Waals surface area contributed by atoms with Crippen LogP contribution in [0.4, 0.5) is 0 Å². The highest BCUT2D eigenvalue weighted by Gasteiger charge is 2.37. The Morgan fingerprint density at radius 2 is 1.86 bits per heavy atom. The monoisotopic (exact) mass is 321 g/mol. The van der Waals surface area contributed by atoms with Gasteiger partial charge in [-0.05, 0) is 32.6 Å². The van der Waals surface area contributed by atoms with Crippen molar-refractivity contribution in [3.63, 3.8) is 0 Å². The third-order valence-corrected chi connectivity index (χ3v) is 6.52. The van der Waals surface area contributed by atoms with E-state index < -0.39 is 0 Å². The molecule has 5 heteroatoms. The lowest BCUT2D eigenvalue weighted by Crippen LogP contribution is -2.48. The molecule has 0 aliphatic carbocycles. The lowest BCUT2D eigenvalue weighted by molar-refractivity contribution is 0.0685. The first-order valence-corrected chi connectivity index (χ1v) is 9.08. The predicted molar refractivity (Wildman–Crippen MR) is 90.6 cm³/mol. The van der Waals surface area contributed by atoms with Crippen molar-refractivity contribution >= 4 is 17.2 Å². The maximum atomic E-state index is 12.9. The van der Waals surface area contributed by atoms with Crippen molar-refractivity contribution in [2.24, 2.45) is 0 Å². The second-order valence-corrected chi connectivity index (χ2v) is 8.86. The van der Waals surface area contributed by atoms with Crippen molar-refractivity contribution in [3.05, 3.63) is 15.6 Å². The van der Waals surface area contributed by atoms with Gasteiger partial charge in [0.2, 0.25) is 0 Å². The second kappa shape index (κ2) is 5.60. The van der Waals surface area contributed by atoms with Crippen LogP contribution in [0.5, 0.6) is 0 Å². The van der Waals surface area contributed by atoms with Crippen LogP contribution < -0.4 is 5.32 Å². The fourth-order valence-corrected chi connectivity index (χ4v) is 4.69. The van der Waals surface area contributed by atoms with E-state index in [1.54, 1.807) is 11.3 Å². The average molecular weight is 321 g/mol. The van der Waals surface area contributed by atoms with Gasteiger partial charge in [0.1, 0.15) is 4.88 Å². The van der Waals surface area contributed by atoms with Gasteiger partial charge in [0, 0.05) is 30.6 Å². The van der Waals surface area contributed by atoms with Gasteiger partial charge in [-0.1, -0.05) is 20.8 Å². The number of fused-ring (bicyclic) bond motifs is 2. The minimum absolute atomic E-state index is 0.000392. The summed E-state index contributed by atoms with van der Waals surface area (Å²) in [4.78, 5) is 20.3. The number of aryl methyl sites for hydroxylation is 1. The Morgan fingerprint density at radius 3 is 2.36 bits per heavy atom. The molecule has 0 radical (unpaired) electrons. The van der Waals surface area contributed by atoms with Gasteiger partial charge in [0.15, 0.2) is 0 Å². The van der Waals surface area contributed by atoms with Gasteiger partial charge in [0.25, 0.3) is 5.91 Å². The van der Waals surface area contributed by atoms with Gasteiger partial charge < -0.3 is 10.2 Å². The SMILES string of the molecule is Cc1nc(C(C)(C)C)sc1C(=O)N(C)C1CC2CCC(C1)N2. The molecule has 1 aromatic heterocycles. The number of thiazole rings is 1. The van der Waals surface area contributed by atoms with Crippen molar-refractivity contribution in [2.75, 3.05) is 7.05 Å². The normalized spacial score (nSPS) is 28.0. The highest BCUT2D eigenvalue weighted by atomic mass is 32.1. The first-order valence-electron chi connectivity index (χ1n) is 8.27. The number of rotatable bonds is 2. The Morgan fingerprint density at radius 1 is 1.27 bits per heavy atom. The molecule has 4 nitrogen and oxygen atoms in total. The zero-order valence-corrected chi connectivity index (χ0v) is 15.1. The number of amides is 1. The van der Waals surface area contributed by atoms with Gasteiger partial charge in [-0.25, -0.2) is 4.98 Å². The van der Waals surface area contributed by atoms with Crippen LogP contribution in [-0.2, 0) is 5.41 Å². The Bertz CT molecular complexity index is 563. The number of hydrogen-bond acceptors (Lipinski definition) is 4. The molecule has 1 aromatic rings. The maximum Gasteiger partial charge on any atom is 0.265 e. The third-order valence-electron chi connectivity index (χ3n) is 4.95. The Balaban J connectivity index is 1.77. The van der Waals surface area contributed by atoms with E-state index in [2.05, 4.69) is 31.1 Å². The first kappa shape index (κ1) is 15.9. The largest absolute Gasteiger partial charge is 0.338 e. The van der Waals surface area contributed by atoms with Crippen LogP contribution >= 0.6 is 11.3 Å². The molecule has 0 spiro atoms. The van der Waals surface area contributed by atoms with Crippen LogP contribution in [-0.4, -0.2) is 41.0 Å². The molecule has 1 N–H and O–H groups in total. The molecule has 22 heavy (non-hydrogen) atoms. The summed E-state index contributed by atoms with van der Waals surface area (Å²) in [6.45, 7) is 8.40. The number of carbonyl (C=O) groups is 1. The van der Waals surface area contributed by atoms with Crippen LogP contribution in [0.2, 0.25) is 0 Å². The number of aromatic nitrogens is 1. The molecule has 122 valence electrons. The number of hydrogen-bond donors (Lipinski definition) is 1. The summed E-state index contributed by atoms with van der Waals surface area (Å²) in [6.07, 6.45) is 4.69. The predicted octanol–water partition coefficient (Wildman–Crippen LogP) is 3.10. The van der Waals surface area contributed by atoms with E-state index in [1.807, 2.05) is 18.9 Å². The van der Waals surface area contributed by atoms with Crippen LogP contribution in [0.25, 0.3) is 0 Å². The lowest BCUT2D eigenvalue weighted by atomic mass is 9.98. The molecule has 1 amide bonds. The molecule has 2 bridgehead atoms. The molecular weight excluding hydrogens is 294 g/mol. The zero-order valence-electron chi connectivity index (χ0n) is 14.3. The molecule has 2 atom stereocenters. The van der Waals surface area contributed by atoms with E-state index in [9.17, 15) is 4.79 Å². The van der Waals surface area contributed by atoms with E-state index in [1.165, 1.54) is 12.8 Å². The molecule has 0 aromatic carbocycles. The summed E-state index contributed by atoms with van der Waals surface area (Å²) in [7, 11) is 1.97. The van der Waals surface area contributed by atoms with Gasteiger partial charge in [0.05, 0.1) is 10.7 Å². The van der Waals surface area contributed by atoms with Gasteiger partial charge in [-0.2, -0.15) is 0 Å². The molecule has 3 rings (SSSR count). The summed E-state index contributed by atoms with van der Waals surface area (Å²) < 4.78 is 0. The second-order valence-electron chi connectivity index (χ2n) is 7.86. The quantitative estimate of drug-likeness (QED) is 0.910. The van der Waals surface area contributed by atoms with E-state index in [-0.39, 0.29) is 11.3 Å². The molecule has 2 saturated heterocycles. The summed E-state index contributed by atoms with van der Waals surface area (Å²) in [5, 5.41) is 4.69. The van der Waals surface area contributed by atoms with E-state index in [4.69, 9.17) is 0 Å². The van der Waals surface area contributed by atoms with E-state index >= 15 is 0 Å². The van der Waals surface area contributed by atoms with Crippen LogP contribution in [0.1, 0.15) is 66.8 Å². The van der Waals surface area contributed by atoms with Gasteiger partial charge >= 0.3 is 0 Å². The summed E-state index contributed by atoms with van der Waals surface area (Å²) in [5.74, 6) is 0.150. The third kappa shape index (κ3) is 2.93. The molecule has 3 heterocycles. The van der Waals surface area contributed by atoms with Crippen LogP contribution in [0, 0.1) is 6.92 Å². The number of piperidine rings is 1. The number of nitrogens with one attached hydrogen (secondary N) is 1. The molecule has 2 fully saturated rings. The summed E-state index contributed by atoms with van der Waals surface area (Å²) in [5.41, 5.74) is 0.879. The van der Waals surface area contributed by atoms with Gasteiger partial charge in [-0.3, -0.25) is 4.79 Å². The van der Waals surface area contributed by atoms with Crippen molar-refractivity contribution in [1.82, 2.24) is 15.2 Å². The molecular formula is C17H27N3OS. The van der Waals surface area contributed by atoms with E-state index in [0.29, 0.717) is 18.1 Å². The lowest BCUT2D eigenvalue weighted by Gasteiger charge is -2.35. The summed E-state index contributed by atoms with van der Waals surface area (Å²) >= 11 is 1.57. The number of nitrogens with zero attached hydrogens (tertiary/aromatic N) is 2. The average Bonchev–Trinajstić information content (AvgIpc) is 2.99. The molecule has 2 aliphatic rings. The smallest absolute Gasteiger partial charge is 0.265 e. The minimum Gasteiger partial charge on any atom is -0.338 e. The Labute approximate surface area is 137 Å². The highest BCUT2D eigenvalue weighted by Crippen LogP contribution is 2.33. The molecule has 2 aliphatic heterocycles. The minimum atomic E-state index is 0.000392. The molecule has 0 saturated carbocycles. The maximum absolute atomic E-state index is 12.9.